The Bertz CT molecular complexity index is 1150. The molecule has 1 amide bonds. The van der Waals surface area contributed by atoms with Gasteiger partial charge in [0.25, 0.3) is 0 Å². The molecule has 0 fully saturated rings. The molecule has 0 radical (unpaired) electrons. The Balaban J connectivity index is 1.60. The van der Waals surface area contributed by atoms with Gasteiger partial charge >= 0.3 is 5.97 Å². The zero-order valence-electron chi connectivity index (χ0n) is 18.0. The van der Waals surface area contributed by atoms with Crippen LogP contribution in [0.3, 0.4) is 0 Å². The van der Waals surface area contributed by atoms with Gasteiger partial charge < -0.3 is 25.8 Å². The molecular weight excluding hydrogens is 442 g/mol. The number of anilines is 1. The summed E-state index contributed by atoms with van der Waals surface area (Å²) in [5, 5.41) is 18.7. The van der Waals surface area contributed by atoms with Crippen molar-refractivity contribution in [1.29, 1.82) is 0 Å². The van der Waals surface area contributed by atoms with E-state index in [9.17, 15) is 19.5 Å². The Morgan fingerprint density at radius 2 is 1.91 bits per heavy atom. The SMILES string of the molecule is CC(=O)c1ccc(NC(=O)/C=C/COC(=O)C2=C(C)NC(=S)NC2c2cccc(O)c2)cc1. The topological polar surface area (TPSA) is 117 Å². The molecule has 4 N–H and O–H groups in total. The van der Waals surface area contributed by atoms with Crippen LogP contribution in [-0.2, 0) is 14.3 Å². The molecule has 1 unspecified atom stereocenters. The van der Waals surface area contributed by atoms with Crippen LogP contribution in [0.25, 0.3) is 0 Å². The lowest BCUT2D eigenvalue weighted by molar-refractivity contribution is -0.138. The zero-order chi connectivity index (χ0) is 24.0. The quantitative estimate of drug-likeness (QED) is 0.213. The second kappa shape index (κ2) is 10.6. The van der Waals surface area contributed by atoms with Crippen molar-refractivity contribution in [3.8, 4) is 5.75 Å². The largest absolute Gasteiger partial charge is 0.508 e. The number of hydrogen-bond donors (Lipinski definition) is 4. The lowest BCUT2D eigenvalue weighted by Gasteiger charge is -2.29. The minimum absolute atomic E-state index is 0.0589. The molecule has 9 heteroatoms. The molecule has 1 aliphatic heterocycles. The van der Waals surface area contributed by atoms with Gasteiger partial charge in [0, 0.05) is 23.0 Å². The average molecular weight is 466 g/mol. The van der Waals surface area contributed by atoms with E-state index >= 15 is 0 Å². The Kier molecular flexibility index (Phi) is 7.57. The third kappa shape index (κ3) is 6.27. The number of hydrogen-bond acceptors (Lipinski definition) is 6. The summed E-state index contributed by atoms with van der Waals surface area (Å²) in [6, 6.07) is 12.4. The standard InChI is InChI=1S/C24H23N3O5S/c1-14-21(22(27-24(33)25-14)17-5-3-6-19(29)13-17)23(31)32-12-4-7-20(30)26-18-10-8-16(9-11-18)15(2)28/h3-11,13,22,29H,12H2,1-2H3,(H,26,30)(H2,25,27,33)/b7-4+. The number of aromatic hydroxyl groups is 1. The van der Waals surface area contributed by atoms with E-state index in [1.807, 2.05) is 0 Å². The average Bonchev–Trinajstić information content (AvgIpc) is 2.76. The van der Waals surface area contributed by atoms with Crippen LogP contribution in [0.5, 0.6) is 5.75 Å². The van der Waals surface area contributed by atoms with Crippen molar-refractivity contribution in [2.45, 2.75) is 19.9 Å². The van der Waals surface area contributed by atoms with Crippen molar-refractivity contribution in [2.75, 3.05) is 11.9 Å². The van der Waals surface area contributed by atoms with Gasteiger partial charge in [-0.3, -0.25) is 9.59 Å². The Morgan fingerprint density at radius 3 is 2.58 bits per heavy atom. The summed E-state index contributed by atoms with van der Waals surface area (Å²) in [5.74, 6) is -0.986. The smallest absolute Gasteiger partial charge is 0.338 e. The molecular formula is C24H23N3O5S. The summed E-state index contributed by atoms with van der Waals surface area (Å²) in [6.45, 7) is 3.05. The van der Waals surface area contributed by atoms with Crippen LogP contribution < -0.4 is 16.0 Å². The van der Waals surface area contributed by atoms with Gasteiger partial charge in [0.15, 0.2) is 10.9 Å². The fraction of sp³-hybridized carbons (Fsp3) is 0.167. The van der Waals surface area contributed by atoms with Crippen LogP contribution in [-0.4, -0.2) is 34.5 Å². The molecule has 170 valence electrons. The van der Waals surface area contributed by atoms with Crippen molar-refractivity contribution in [3.63, 3.8) is 0 Å². The summed E-state index contributed by atoms with van der Waals surface area (Å²) < 4.78 is 5.32. The highest BCUT2D eigenvalue weighted by Crippen LogP contribution is 2.29. The second-order valence-electron chi connectivity index (χ2n) is 7.29. The van der Waals surface area contributed by atoms with Crippen molar-refractivity contribution in [2.24, 2.45) is 0 Å². The van der Waals surface area contributed by atoms with Crippen molar-refractivity contribution >= 4 is 40.7 Å². The number of esters is 1. The highest BCUT2D eigenvalue weighted by molar-refractivity contribution is 7.80. The number of rotatable bonds is 7. The van der Waals surface area contributed by atoms with Crippen molar-refractivity contribution in [1.82, 2.24) is 10.6 Å². The third-order valence-electron chi connectivity index (χ3n) is 4.83. The van der Waals surface area contributed by atoms with Gasteiger partial charge in [-0.1, -0.05) is 12.1 Å². The molecule has 0 saturated heterocycles. The Hall–Kier alpha value is -3.98. The first kappa shape index (κ1) is 23.7. The number of nitrogens with one attached hydrogen (secondary N) is 3. The zero-order valence-corrected chi connectivity index (χ0v) is 18.9. The number of allylic oxidation sites excluding steroid dienone is 1. The van der Waals surface area contributed by atoms with Gasteiger partial charge in [0.2, 0.25) is 5.91 Å². The molecule has 0 aromatic heterocycles. The van der Waals surface area contributed by atoms with Gasteiger partial charge in [0.05, 0.1) is 11.6 Å². The first-order chi connectivity index (χ1) is 15.7. The monoisotopic (exact) mass is 465 g/mol. The number of ketones is 1. The fourth-order valence-electron chi connectivity index (χ4n) is 3.25. The molecule has 3 rings (SSSR count). The Morgan fingerprint density at radius 1 is 1.18 bits per heavy atom. The number of phenolic OH excluding ortho intramolecular Hbond substituents is 1. The number of carbonyl (C=O) groups is 3. The van der Waals surface area contributed by atoms with Crippen LogP contribution in [0.15, 0.2) is 72.0 Å². The van der Waals surface area contributed by atoms with E-state index < -0.39 is 17.9 Å². The molecule has 1 heterocycles. The summed E-state index contributed by atoms with van der Waals surface area (Å²) in [6.07, 6.45) is 2.68. The van der Waals surface area contributed by atoms with Gasteiger partial charge in [-0.05, 0) is 74.1 Å². The highest BCUT2D eigenvalue weighted by atomic mass is 32.1. The minimum atomic E-state index is -0.594. The first-order valence-electron chi connectivity index (χ1n) is 10.1. The van der Waals surface area contributed by atoms with E-state index in [1.54, 1.807) is 49.4 Å². The molecule has 33 heavy (non-hydrogen) atoms. The van der Waals surface area contributed by atoms with E-state index in [1.165, 1.54) is 25.1 Å². The number of carbonyl (C=O) groups excluding carboxylic acids is 3. The highest BCUT2D eigenvalue weighted by Gasteiger charge is 2.31. The van der Waals surface area contributed by atoms with Crippen LogP contribution in [0.1, 0.15) is 35.8 Å². The third-order valence-corrected chi connectivity index (χ3v) is 5.05. The molecule has 8 nitrogen and oxygen atoms in total. The number of amides is 1. The van der Waals surface area contributed by atoms with E-state index in [4.69, 9.17) is 17.0 Å². The fourth-order valence-corrected chi connectivity index (χ4v) is 3.52. The van der Waals surface area contributed by atoms with E-state index in [-0.39, 0.29) is 18.1 Å². The van der Waals surface area contributed by atoms with Gasteiger partial charge in [-0.25, -0.2) is 4.79 Å². The lowest BCUT2D eigenvalue weighted by atomic mass is 9.95. The molecule has 1 atom stereocenters. The van der Waals surface area contributed by atoms with Crippen LogP contribution >= 0.6 is 12.2 Å². The maximum absolute atomic E-state index is 12.8. The Labute approximate surface area is 196 Å². The molecule has 0 saturated carbocycles. The normalized spacial score (nSPS) is 15.6. The number of Topliss-reactive ketones (excluding diaryl/α,β-unsaturated/α-hetero) is 1. The van der Waals surface area contributed by atoms with E-state index in [0.717, 1.165) is 0 Å². The maximum Gasteiger partial charge on any atom is 0.338 e. The number of phenols is 1. The summed E-state index contributed by atoms with van der Waals surface area (Å²) in [5.41, 5.74) is 2.59. The van der Waals surface area contributed by atoms with Crippen molar-refractivity contribution in [3.05, 3.63) is 83.1 Å². The second-order valence-corrected chi connectivity index (χ2v) is 7.70. The number of benzene rings is 2. The minimum Gasteiger partial charge on any atom is -0.508 e. The molecule has 0 spiro atoms. The van der Waals surface area contributed by atoms with Gasteiger partial charge in [0.1, 0.15) is 12.4 Å². The summed E-state index contributed by atoms with van der Waals surface area (Å²) >= 11 is 5.20. The van der Waals surface area contributed by atoms with Crippen LogP contribution in [0.2, 0.25) is 0 Å². The van der Waals surface area contributed by atoms with Crippen molar-refractivity contribution < 1.29 is 24.2 Å². The van der Waals surface area contributed by atoms with Gasteiger partial charge in [-0.15, -0.1) is 0 Å². The maximum atomic E-state index is 12.8. The molecule has 0 bridgehead atoms. The van der Waals surface area contributed by atoms with E-state index in [0.29, 0.717) is 33.2 Å². The van der Waals surface area contributed by atoms with E-state index in [2.05, 4.69) is 16.0 Å². The number of ether oxygens (including phenoxy) is 1. The molecule has 1 aliphatic rings. The molecule has 2 aromatic carbocycles. The predicted octanol–water partition coefficient (Wildman–Crippen LogP) is 3.13. The summed E-state index contributed by atoms with van der Waals surface area (Å²) in [7, 11) is 0. The molecule has 2 aromatic rings. The van der Waals surface area contributed by atoms with Crippen LogP contribution in [0, 0.1) is 0 Å². The predicted molar refractivity (Wildman–Crippen MR) is 128 cm³/mol. The lowest BCUT2D eigenvalue weighted by Crippen LogP contribution is -2.45. The first-order valence-corrected chi connectivity index (χ1v) is 10.5. The van der Waals surface area contributed by atoms with Crippen LogP contribution in [0.4, 0.5) is 5.69 Å². The number of thiocarbonyl (C=S) groups is 1. The van der Waals surface area contributed by atoms with Gasteiger partial charge in [-0.2, -0.15) is 0 Å². The summed E-state index contributed by atoms with van der Waals surface area (Å²) in [4.78, 5) is 36.1. The molecule has 0 aliphatic carbocycles.